The number of amides is 1. The molecule has 2 saturated carbocycles. The second-order valence-corrected chi connectivity index (χ2v) is 10.2. The molecule has 1 heterocycles. The molecule has 3 fully saturated rings. The minimum atomic E-state index is -0.287. The van der Waals surface area contributed by atoms with Gasteiger partial charge in [0.15, 0.2) is 0 Å². The van der Waals surface area contributed by atoms with Gasteiger partial charge in [-0.2, -0.15) is 0 Å². The third-order valence-corrected chi connectivity index (χ3v) is 8.89. The zero-order chi connectivity index (χ0) is 18.9. The Morgan fingerprint density at radius 1 is 1.26 bits per heavy atom. The Morgan fingerprint density at radius 3 is 2.74 bits per heavy atom. The highest BCUT2D eigenvalue weighted by atomic mass is 16.1. The molecule has 3 aliphatic carbocycles. The lowest BCUT2D eigenvalue weighted by molar-refractivity contribution is -0.0579. The maximum absolute atomic E-state index is 11.9. The topological polar surface area (TPSA) is 46.3 Å². The summed E-state index contributed by atoms with van der Waals surface area (Å²) >= 11 is 0. The van der Waals surface area contributed by atoms with Crippen molar-refractivity contribution in [3.63, 3.8) is 0 Å². The van der Waals surface area contributed by atoms with Crippen molar-refractivity contribution < 1.29 is 4.79 Å². The SMILES string of the molecule is C[C@@H]1CC23CCN([C@@H](C)C4CC4)C(Cc4ccc(C(N)=O)cc42)C3C[C@@H]1C. The third kappa shape index (κ3) is 2.61. The van der Waals surface area contributed by atoms with E-state index in [2.05, 4.69) is 37.8 Å². The predicted octanol–water partition coefficient (Wildman–Crippen LogP) is 4.13. The average Bonchev–Trinajstić information content (AvgIpc) is 3.47. The zero-order valence-corrected chi connectivity index (χ0v) is 17.1. The Labute approximate surface area is 163 Å². The van der Waals surface area contributed by atoms with Crippen molar-refractivity contribution in [3.05, 3.63) is 34.9 Å². The number of hydrogen-bond donors (Lipinski definition) is 1. The molecule has 27 heavy (non-hydrogen) atoms. The second kappa shape index (κ2) is 6.07. The van der Waals surface area contributed by atoms with Crippen LogP contribution in [0.5, 0.6) is 0 Å². The van der Waals surface area contributed by atoms with E-state index in [1.54, 1.807) is 0 Å². The Bertz CT molecular complexity index is 770. The molecule has 0 spiro atoms. The van der Waals surface area contributed by atoms with Crippen molar-refractivity contribution in [3.8, 4) is 0 Å². The average molecular weight is 367 g/mol. The van der Waals surface area contributed by atoms with Crippen molar-refractivity contribution in [2.24, 2.45) is 29.4 Å². The van der Waals surface area contributed by atoms with Gasteiger partial charge in [0.1, 0.15) is 0 Å². The smallest absolute Gasteiger partial charge is 0.248 e. The lowest BCUT2D eigenvalue weighted by Crippen LogP contribution is -2.64. The van der Waals surface area contributed by atoms with Gasteiger partial charge in [0.2, 0.25) is 5.91 Å². The van der Waals surface area contributed by atoms with E-state index in [-0.39, 0.29) is 11.3 Å². The van der Waals surface area contributed by atoms with Crippen LogP contribution in [0, 0.1) is 23.7 Å². The van der Waals surface area contributed by atoms with Crippen LogP contribution in [0.3, 0.4) is 0 Å². The molecular formula is C24H34N2O. The van der Waals surface area contributed by atoms with Crippen molar-refractivity contribution in [1.29, 1.82) is 0 Å². The normalized spacial score (nSPS) is 39.4. The van der Waals surface area contributed by atoms with E-state index >= 15 is 0 Å². The van der Waals surface area contributed by atoms with Gasteiger partial charge in [-0.1, -0.05) is 19.9 Å². The molecule has 0 aromatic heterocycles. The van der Waals surface area contributed by atoms with Gasteiger partial charge >= 0.3 is 0 Å². The Balaban J connectivity index is 1.61. The number of piperidine rings is 1. The highest BCUT2D eigenvalue weighted by Gasteiger charge is 2.57. The van der Waals surface area contributed by atoms with Crippen LogP contribution in [0.4, 0.5) is 0 Å². The maximum atomic E-state index is 11.9. The summed E-state index contributed by atoms with van der Waals surface area (Å²) in [7, 11) is 0. The van der Waals surface area contributed by atoms with Gasteiger partial charge in [-0.3, -0.25) is 9.69 Å². The third-order valence-electron chi connectivity index (χ3n) is 8.89. The molecule has 1 aromatic carbocycles. The Kier molecular flexibility index (Phi) is 3.99. The quantitative estimate of drug-likeness (QED) is 0.874. The first-order chi connectivity index (χ1) is 12.9. The van der Waals surface area contributed by atoms with Crippen LogP contribution in [-0.2, 0) is 11.8 Å². The number of nitrogens with zero attached hydrogens (tertiary/aromatic N) is 1. The van der Waals surface area contributed by atoms with E-state index in [9.17, 15) is 4.79 Å². The van der Waals surface area contributed by atoms with Crippen LogP contribution in [0.1, 0.15) is 74.4 Å². The molecule has 1 amide bonds. The summed E-state index contributed by atoms with van der Waals surface area (Å²) in [6.07, 6.45) is 7.85. The van der Waals surface area contributed by atoms with Crippen LogP contribution in [0.15, 0.2) is 18.2 Å². The lowest BCUT2D eigenvalue weighted by Gasteiger charge is -2.62. The number of hydrogen-bond acceptors (Lipinski definition) is 2. The molecule has 3 unspecified atom stereocenters. The maximum Gasteiger partial charge on any atom is 0.248 e. The van der Waals surface area contributed by atoms with Crippen molar-refractivity contribution in [2.75, 3.05) is 6.54 Å². The van der Waals surface area contributed by atoms with Crippen LogP contribution in [0.2, 0.25) is 0 Å². The summed E-state index contributed by atoms with van der Waals surface area (Å²) in [5.41, 5.74) is 9.55. The van der Waals surface area contributed by atoms with Gasteiger partial charge in [0.25, 0.3) is 0 Å². The summed E-state index contributed by atoms with van der Waals surface area (Å²) in [5.74, 6) is 2.91. The van der Waals surface area contributed by atoms with Gasteiger partial charge in [-0.05, 0) is 98.9 Å². The molecule has 1 aliphatic heterocycles. The Morgan fingerprint density at radius 2 is 2.04 bits per heavy atom. The van der Waals surface area contributed by atoms with Crippen LogP contribution < -0.4 is 5.73 Å². The number of likely N-dealkylation sites (tertiary alicyclic amines) is 1. The molecule has 146 valence electrons. The molecular weight excluding hydrogens is 332 g/mol. The fourth-order valence-electron chi connectivity index (χ4n) is 6.98. The van der Waals surface area contributed by atoms with Crippen molar-refractivity contribution in [1.82, 2.24) is 4.90 Å². The van der Waals surface area contributed by atoms with Gasteiger partial charge in [0, 0.05) is 23.1 Å². The lowest BCUT2D eigenvalue weighted by atomic mass is 9.49. The van der Waals surface area contributed by atoms with Gasteiger partial charge in [0.05, 0.1) is 0 Å². The summed E-state index contributed by atoms with van der Waals surface area (Å²) in [5, 5.41) is 0. The molecule has 2 N–H and O–H groups in total. The number of carbonyl (C=O) groups excluding carboxylic acids is 1. The van der Waals surface area contributed by atoms with Crippen molar-refractivity contribution >= 4 is 5.91 Å². The van der Waals surface area contributed by atoms with Crippen LogP contribution in [-0.4, -0.2) is 29.4 Å². The number of nitrogens with two attached hydrogens (primary N) is 1. The summed E-state index contributed by atoms with van der Waals surface area (Å²) in [6.45, 7) is 8.60. The van der Waals surface area contributed by atoms with E-state index in [1.165, 1.54) is 49.8 Å². The summed E-state index contributed by atoms with van der Waals surface area (Å²) in [6, 6.07) is 7.75. The molecule has 5 rings (SSSR count). The minimum absolute atomic E-state index is 0.259. The molecule has 1 aromatic rings. The summed E-state index contributed by atoms with van der Waals surface area (Å²) in [4.78, 5) is 14.8. The predicted molar refractivity (Wildman–Crippen MR) is 109 cm³/mol. The number of carbonyl (C=O) groups is 1. The first kappa shape index (κ1) is 17.7. The summed E-state index contributed by atoms with van der Waals surface area (Å²) < 4.78 is 0. The number of fused-ring (bicyclic) bond motifs is 1. The minimum Gasteiger partial charge on any atom is -0.366 e. The molecule has 3 heteroatoms. The van der Waals surface area contributed by atoms with Crippen LogP contribution in [0.25, 0.3) is 0 Å². The molecule has 1 saturated heterocycles. The monoisotopic (exact) mass is 366 g/mol. The second-order valence-electron chi connectivity index (χ2n) is 10.2. The van der Waals surface area contributed by atoms with Gasteiger partial charge in [-0.15, -0.1) is 0 Å². The number of primary amides is 1. The van der Waals surface area contributed by atoms with E-state index in [1.807, 2.05) is 6.07 Å². The van der Waals surface area contributed by atoms with E-state index in [0.29, 0.717) is 11.6 Å². The highest BCUT2D eigenvalue weighted by Crippen LogP contribution is 2.59. The Hall–Kier alpha value is -1.35. The van der Waals surface area contributed by atoms with E-state index < -0.39 is 0 Å². The first-order valence-electron chi connectivity index (χ1n) is 11.1. The standard InChI is InChI=1S/C24H34N2O/c1-14-10-21-22-12-18-6-7-19(23(25)27)11-20(18)24(21,13-15(14)2)8-9-26(22)16(3)17-4-5-17/h6-7,11,14-17,21-22H,4-5,8-10,12-13H2,1-3H3,(H2,25,27)/t14-,15+,16-,21?,22?,24?/m0/s1. The van der Waals surface area contributed by atoms with Gasteiger partial charge in [-0.25, -0.2) is 0 Å². The highest BCUT2D eigenvalue weighted by molar-refractivity contribution is 5.93. The number of rotatable bonds is 3. The molecule has 6 atom stereocenters. The molecule has 3 nitrogen and oxygen atoms in total. The van der Waals surface area contributed by atoms with Gasteiger partial charge < -0.3 is 5.73 Å². The zero-order valence-electron chi connectivity index (χ0n) is 17.1. The van der Waals surface area contributed by atoms with E-state index in [0.717, 1.165) is 36.1 Å². The molecule has 4 aliphatic rings. The molecule has 2 bridgehead atoms. The molecule has 0 radical (unpaired) electrons. The van der Waals surface area contributed by atoms with E-state index in [4.69, 9.17) is 5.73 Å². The fraction of sp³-hybridized carbons (Fsp3) is 0.708. The first-order valence-corrected chi connectivity index (χ1v) is 11.1. The van der Waals surface area contributed by atoms with Crippen molar-refractivity contribution in [2.45, 2.75) is 76.8 Å². The van der Waals surface area contributed by atoms with Crippen LogP contribution >= 0.6 is 0 Å². The fourth-order valence-corrected chi connectivity index (χ4v) is 6.98. The largest absolute Gasteiger partial charge is 0.366 e. The number of benzene rings is 1.